The number of carbonyl (C=O) groups excluding carboxylic acids is 3. The highest BCUT2D eigenvalue weighted by Crippen LogP contribution is 2.56. The number of ether oxygens (including phenoxy) is 2. The zero-order valence-corrected chi connectivity index (χ0v) is 19.4. The second-order valence-electron chi connectivity index (χ2n) is 9.48. The number of Topliss-reactive ketones (excluding diaryl/α,β-unsaturated/α-hetero) is 1. The molecule has 0 bridgehead atoms. The third-order valence-electron chi connectivity index (χ3n) is 7.10. The Morgan fingerprint density at radius 2 is 1.77 bits per heavy atom. The lowest BCUT2D eigenvalue weighted by molar-refractivity contribution is -0.182. The van der Waals surface area contributed by atoms with E-state index in [1.165, 1.54) is 6.08 Å². The standard InChI is InChI=1S/C25H36O5/c1-9-16(6)24(28)29-20-11-10-19-23(30-21(26)12-14(2)3)22(27)18(15(4)5)13-25(19,8)17(20)7/h9,12,17-20,23H,4,10-11,13H2,1-3,5-8H3/b16-9+/t17-,18+,19+,20+,23+,25+/m0/s1. The molecule has 0 amide bonds. The Bertz CT molecular complexity index is 785. The molecule has 0 spiro atoms. The van der Waals surface area contributed by atoms with E-state index in [0.717, 1.165) is 11.1 Å². The number of carbonyl (C=O) groups is 3. The van der Waals surface area contributed by atoms with Crippen LogP contribution in [0.15, 0.2) is 35.5 Å². The van der Waals surface area contributed by atoms with E-state index in [4.69, 9.17) is 9.47 Å². The second kappa shape index (κ2) is 9.32. The molecule has 2 fully saturated rings. The van der Waals surface area contributed by atoms with Crippen molar-refractivity contribution >= 4 is 17.7 Å². The molecule has 2 rings (SSSR count). The zero-order valence-electron chi connectivity index (χ0n) is 19.4. The van der Waals surface area contributed by atoms with Gasteiger partial charge in [0.05, 0.1) is 0 Å². The highest BCUT2D eigenvalue weighted by molar-refractivity contribution is 5.92. The third kappa shape index (κ3) is 4.76. The summed E-state index contributed by atoms with van der Waals surface area (Å²) >= 11 is 0. The maximum Gasteiger partial charge on any atom is 0.333 e. The van der Waals surface area contributed by atoms with Crippen molar-refractivity contribution in [3.05, 3.63) is 35.5 Å². The topological polar surface area (TPSA) is 69.7 Å². The monoisotopic (exact) mass is 416 g/mol. The van der Waals surface area contributed by atoms with Crippen molar-refractivity contribution in [2.24, 2.45) is 23.2 Å². The zero-order chi connectivity index (χ0) is 22.8. The van der Waals surface area contributed by atoms with Crippen molar-refractivity contribution in [2.75, 3.05) is 0 Å². The molecule has 0 heterocycles. The predicted octanol–water partition coefficient (Wildman–Crippen LogP) is 4.96. The van der Waals surface area contributed by atoms with Crippen LogP contribution in [0.25, 0.3) is 0 Å². The van der Waals surface area contributed by atoms with Crippen LogP contribution in [0, 0.1) is 23.2 Å². The van der Waals surface area contributed by atoms with Crippen LogP contribution in [0.5, 0.6) is 0 Å². The van der Waals surface area contributed by atoms with Crippen molar-refractivity contribution in [2.45, 2.75) is 79.9 Å². The van der Waals surface area contributed by atoms with Gasteiger partial charge in [0.2, 0.25) is 0 Å². The molecule has 5 nitrogen and oxygen atoms in total. The fourth-order valence-corrected chi connectivity index (χ4v) is 4.92. The van der Waals surface area contributed by atoms with Crippen molar-refractivity contribution in [3.63, 3.8) is 0 Å². The van der Waals surface area contributed by atoms with Crippen molar-refractivity contribution in [3.8, 4) is 0 Å². The Labute approximate surface area is 180 Å². The maximum atomic E-state index is 13.2. The summed E-state index contributed by atoms with van der Waals surface area (Å²) in [7, 11) is 0. The van der Waals surface area contributed by atoms with Crippen LogP contribution < -0.4 is 0 Å². The minimum atomic E-state index is -0.801. The van der Waals surface area contributed by atoms with E-state index >= 15 is 0 Å². The smallest absolute Gasteiger partial charge is 0.333 e. The molecule has 0 radical (unpaired) electrons. The van der Waals surface area contributed by atoms with Gasteiger partial charge in [-0.05, 0) is 65.2 Å². The van der Waals surface area contributed by atoms with Gasteiger partial charge in [-0.2, -0.15) is 0 Å². The SMILES string of the molecule is C=C(C)[C@H]1C[C@@]2(C)[C@H](CC[C@@H](OC(=O)/C(C)=C/C)[C@@H]2C)[C@@H](OC(=O)C=C(C)C)C1=O. The molecule has 0 N–H and O–H groups in total. The number of ketones is 1. The first-order chi connectivity index (χ1) is 13.9. The van der Waals surface area contributed by atoms with E-state index in [9.17, 15) is 14.4 Å². The molecule has 5 heteroatoms. The van der Waals surface area contributed by atoms with Crippen LogP contribution in [0.3, 0.4) is 0 Å². The normalized spacial score (nSPS) is 33.9. The van der Waals surface area contributed by atoms with Gasteiger partial charge < -0.3 is 9.47 Å². The van der Waals surface area contributed by atoms with Gasteiger partial charge in [-0.1, -0.05) is 37.6 Å². The summed E-state index contributed by atoms with van der Waals surface area (Å²) in [6.45, 7) is 17.3. The van der Waals surface area contributed by atoms with Crippen LogP contribution in [-0.2, 0) is 23.9 Å². The van der Waals surface area contributed by atoms with Gasteiger partial charge in [-0.25, -0.2) is 9.59 Å². The van der Waals surface area contributed by atoms with Crippen LogP contribution >= 0.6 is 0 Å². The molecular weight excluding hydrogens is 380 g/mol. The average Bonchev–Trinajstić information content (AvgIpc) is 2.65. The van der Waals surface area contributed by atoms with Crippen molar-refractivity contribution in [1.29, 1.82) is 0 Å². The minimum absolute atomic E-state index is 0.0180. The van der Waals surface area contributed by atoms with E-state index < -0.39 is 12.1 Å². The van der Waals surface area contributed by atoms with Crippen LogP contribution in [-0.4, -0.2) is 29.9 Å². The second-order valence-corrected chi connectivity index (χ2v) is 9.48. The highest BCUT2D eigenvalue weighted by Gasteiger charge is 2.58. The molecule has 6 atom stereocenters. The first-order valence-electron chi connectivity index (χ1n) is 10.8. The van der Waals surface area contributed by atoms with Gasteiger partial charge in [-0.15, -0.1) is 0 Å². The first kappa shape index (κ1) is 24.1. The Kier molecular flexibility index (Phi) is 7.49. The molecule has 30 heavy (non-hydrogen) atoms. The fourth-order valence-electron chi connectivity index (χ4n) is 4.92. The molecule has 0 aromatic rings. The minimum Gasteiger partial charge on any atom is -0.459 e. The summed E-state index contributed by atoms with van der Waals surface area (Å²) in [4.78, 5) is 38.0. The first-order valence-corrected chi connectivity index (χ1v) is 10.8. The third-order valence-corrected chi connectivity index (χ3v) is 7.10. The highest BCUT2D eigenvalue weighted by atomic mass is 16.6. The Balaban J connectivity index is 2.36. The summed E-state index contributed by atoms with van der Waals surface area (Å²) in [5.74, 6) is -1.31. The van der Waals surface area contributed by atoms with Crippen LogP contribution in [0.4, 0.5) is 0 Å². The molecule has 2 aliphatic carbocycles. The van der Waals surface area contributed by atoms with Gasteiger partial charge >= 0.3 is 11.9 Å². The van der Waals surface area contributed by atoms with Gasteiger partial charge in [0, 0.05) is 23.5 Å². The lowest BCUT2D eigenvalue weighted by Gasteiger charge is -2.55. The number of rotatable bonds is 5. The lowest BCUT2D eigenvalue weighted by atomic mass is 9.51. The van der Waals surface area contributed by atoms with E-state index in [1.807, 2.05) is 27.7 Å². The van der Waals surface area contributed by atoms with E-state index in [0.29, 0.717) is 24.8 Å². The summed E-state index contributed by atoms with van der Waals surface area (Å²) in [5, 5.41) is 0. The number of allylic oxidation sites excluding steroid dienone is 3. The summed E-state index contributed by atoms with van der Waals surface area (Å²) in [6.07, 6.45) is 4.06. The molecule has 0 aromatic heterocycles. The van der Waals surface area contributed by atoms with Crippen LogP contribution in [0.2, 0.25) is 0 Å². The van der Waals surface area contributed by atoms with Gasteiger partial charge in [0.15, 0.2) is 11.9 Å². The fraction of sp³-hybridized carbons (Fsp3) is 0.640. The van der Waals surface area contributed by atoms with Gasteiger partial charge in [0.1, 0.15) is 6.10 Å². The van der Waals surface area contributed by atoms with Crippen LogP contribution in [0.1, 0.15) is 67.7 Å². The molecule has 2 aliphatic rings. The average molecular weight is 417 g/mol. The predicted molar refractivity (Wildman–Crippen MR) is 117 cm³/mol. The number of fused-ring (bicyclic) bond motifs is 1. The Hall–Kier alpha value is -2.17. The molecule has 166 valence electrons. The Morgan fingerprint density at radius 1 is 1.13 bits per heavy atom. The molecule has 0 unspecified atom stereocenters. The number of hydrogen-bond donors (Lipinski definition) is 0. The molecule has 0 aliphatic heterocycles. The largest absolute Gasteiger partial charge is 0.459 e. The van der Waals surface area contributed by atoms with E-state index in [2.05, 4.69) is 20.4 Å². The van der Waals surface area contributed by atoms with E-state index in [-0.39, 0.29) is 41.0 Å². The van der Waals surface area contributed by atoms with Gasteiger partial charge in [-0.3, -0.25) is 4.79 Å². The quantitative estimate of drug-likeness (QED) is 0.360. The molecule has 0 saturated heterocycles. The molecule has 0 aromatic carbocycles. The number of hydrogen-bond acceptors (Lipinski definition) is 5. The molecular formula is C25H36O5. The lowest BCUT2D eigenvalue weighted by Crippen LogP contribution is -2.58. The maximum absolute atomic E-state index is 13.2. The van der Waals surface area contributed by atoms with Crippen molar-refractivity contribution in [1.82, 2.24) is 0 Å². The van der Waals surface area contributed by atoms with Gasteiger partial charge in [0.25, 0.3) is 0 Å². The summed E-state index contributed by atoms with van der Waals surface area (Å²) in [6, 6.07) is 0. The summed E-state index contributed by atoms with van der Waals surface area (Å²) in [5.41, 5.74) is 1.87. The Morgan fingerprint density at radius 3 is 2.30 bits per heavy atom. The number of esters is 2. The summed E-state index contributed by atoms with van der Waals surface area (Å²) < 4.78 is 11.6. The molecule has 2 saturated carbocycles. The van der Waals surface area contributed by atoms with E-state index in [1.54, 1.807) is 13.0 Å². The van der Waals surface area contributed by atoms with Crippen molar-refractivity contribution < 1.29 is 23.9 Å².